The number of nitrogens with zero attached hydrogens (tertiary/aromatic N) is 2. The SMILES string of the molecule is CC[C@@H](C(=O)NC(C)(C)C)N(Cc1ccc(Cl)cc1)C(=O)CN(c1ccc(Cl)cc1)S(=O)(=O)c1ccc(OC)c(OC)c1. The van der Waals surface area contributed by atoms with Gasteiger partial charge in [-0.05, 0) is 81.3 Å². The summed E-state index contributed by atoms with van der Waals surface area (Å²) in [5, 5.41) is 3.86. The summed E-state index contributed by atoms with van der Waals surface area (Å²) in [6.45, 7) is 6.80. The number of amides is 2. The van der Waals surface area contributed by atoms with Crippen molar-refractivity contribution in [3.05, 3.63) is 82.3 Å². The maximum Gasteiger partial charge on any atom is 0.264 e. The maximum atomic E-state index is 14.2. The minimum absolute atomic E-state index is 0.0525. The molecule has 0 unspecified atom stereocenters. The Labute approximate surface area is 263 Å². The van der Waals surface area contributed by atoms with Gasteiger partial charge in [-0.3, -0.25) is 13.9 Å². The van der Waals surface area contributed by atoms with Crippen LogP contribution < -0.4 is 19.1 Å². The molecule has 0 saturated carbocycles. The van der Waals surface area contributed by atoms with Gasteiger partial charge in [-0.2, -0.15) is 0 Å². The largest absolute Gasteiger partial charge is 0.493 e. The molecule has 3 aromatic carbocycles. The fraction of sp³-hybridized carbons (Fsp3) is 0.355. The lowest BCUT2D eigenvalue weighted by Gasteiger charge is -2.34. The third-order valence-corrected chi connectivity index (χ3v) is 8.76. The average Bonchev–Trinajstić information content (AvgIpc) is 2.95. The molecule has 0 spiro atoms. The molecule has 2 amide bonds. The third kappa shape index (κ3) is 8.78. The number of hydrogen-bond acceptors (Lipinski definition) is 6. The second-order valence-corrected chi connectivity index (χ2v) is 13.6. The number of carbonyl (C=O) groups excluding carboxylic acids is 2. The van der Waals surface area contributed by atoms with Crippen LogP contribution in [0.4, 0.5) is 5.69 Å². The standard InChI is InChI=1S/C31H37Cl2N3O6S/c1-7-26(30(38)34-31(2,3)4)35(19-21-8-10-22(32)11-9-21)29(37)20-36(24-14-12-23(33)13-15-24)43(39,40)25-16-17-27(41-5)28(18-25)42-6/h8-18,26H,7,19-20H2,1-6H3,(H,34,38)/t26-/m0/s1. The van der Waals surface area contributed by atoms with E-state index in [1.807, 2.05) is 20.8 Å². The van der Waals surface area contributed by atoms with E-state index < -0.39 is 34.1 Å². The maximum absolute atomic E-state index is 14.2. The van der Waals surface area contributed by atoms with Crippen molar-refractivity contribution in [2.24, 2.45) is 0 Å². The van der Waals surface area contributed by atoms with E-state index in [-0.39, 0.29) is 28.8 Å². The molecular formula is C31H37Cl2N3O6S. The average molecular weight is 651 g/mol. The Kier molecular flexibility index (Phi) is 11.3. The van der Waals surface area contributed by atoms with E-state index in [4.69, 9.17) is 32.7 Å². The van der Waals surface area contributed by atoms with E-state index in [0.29, 0.717) is 22.2 Å². The van der Waals surface area contributed by atoms with Crippen molar-refractivity contribution < 1.29 is 27.5 Å². The van der Waals surface area contributed by atoms with E-state index in [2.05, 4.69) is 5.32 Å². The lowest BCUT2D eigenvalue weighted by Crippen LogP contribution is -2.55. The number of hydrogen-bond donors (Lipinski definition) is 1. The molecule has 9 nitrogen and oxygen atoms in total. The van der Waals surface area contributed by atoms with Crippen molar-refractivity contribution in [1.82, 2.24) is 10.2 Å². The van der Waals surface area contributed by atoms with Crippen molar-refractivity contribution in [3.63, 3.8) is 0 Å². The highest BCUT2D eigenvalue weighted by atomic mass is 35.5. The van der Waals surface area contributed by atoms with Gasteiger partial charge in [-0.1, -0.05) is 42.3 Å². The highest BCUT2D eigenvalue weighted by Crippen LogP contribution is 2.33. The van der Waals surface area contributed by atoms with Crippen LogP contribution in [0.2, 0.25) is 10.0 Å². The summed E-state index contributed by atoms with van der Waals surface area (Å²) < 4.78 is 39.8. The minimum Gasteiger partial charge on any atom is -0.493 e. The van der Waals surface area contributed by atoms with Crippen molar-refractivity contribution in [1.29, 1.82) is 0 Å². The zero-order valence-electron chi connectivity index (χ0n) is 25.1. The zero-order chi connectivity index (χ0) is 31.9. The molecule has 0 fully saturated rings. The van der Waals surface area contributed by atoms with Crippen LogP contribution in [0.3, 0.4) is 0 Å². The molecule has 3 rings (SSSR count). The number of anilines is 1. The first-order chi connectivity index (χ1) is 20.2. The normalized spacial score (nSPS) is 12.3. The van der Waals surface area contributed by atoms with Gasteiger partial charge in [-0.25, -0.2) is 8.42 Å². The molecule has 0 bridgehead atoms. The van der Waals surface area contributed by atoms with Gasteiger partial charge in [-0.15, -0.1) is 0 Å². The van der Waals surface area contributed by atoms with Crippen LogP contribution in [0.25, 0.3) is 0 Å². The fourth-order valence-corrected chi connectivity index (χ4v) is 6.08. The lowest BCUT2D eigenvalue weighted by molar-refractivity contribution is -0.141. The molecule has 1 atom stereocenters. The summed E-state index contributed by atoms with van der Waals surface area (Å²) in [7, 11) is -1.48. The van der Waals surface area contributed by atoms with Crippen LogP contribution in [0.5, 0.6) is 11.5 Å². The molecule has 0 aliphatic rings. The summed E-state index contributed by atoms with van der Waals surface area (Å²) in [5.74, 6) is -0.372. The van der Waals surface area contributed by atoms with E-state index in [1.54, 1.807) is 31.2 Å². The number of ether oxygens (including phenoxy) is 2. The molecule has 0 aliphatic carbocycles. The van der Waals surface area contributed by atoms with Crippen LogP contribution >= 0.6 is 23.2 Å². The second kappa shape index (κ2) is 14.3. The fourth-order valence-electron chi connectivity index (χ4n) is 4.40. The number of nitrogens with one attached hydrogen (secondary N) is 1. The van der Waals surface area contributed by atoms with Crippen molar-refractivity contribution >= 4 is 50.7 Å². The van der Waals surface area contributed by atoms with Crippen LogP contribution in [0, 0.1) is 0 Å². The number of methoxy groups -OCH3 is 2. The minimum atomic E-state index is -4.32. The van der Waals surface area contributed by atoms with Gasteiger partial charge >= 0.3 is 0 Å². The van der Waals surface area contributed by atoms with Crippen LogP contribution in [-0.4, -0.2) is 57.5 Å². The first-order valence-electron chi connectivity index (χ1n) is 13.6. The molecule has 43 heavy (non-hydrogen) atoms. The van der Waals surface area contributed by atoms with Gasteiger partial charge < -0.3 is 19.7 Å². The monoisotopic (exact) mass is 649 g/mol. The second-order valence-electron chi connectivity index (χ2n) is 10.8. The number of carbonyl (C=O) groups is 2. The van der Waals surface area contributed by atoms with Crippen molar-refractivity contribution in [2.45, 2.75) is 57.1 Å². The molecule has 0 saturated heterocycles. The van der Waals surface area contributed by atoms with E-state index in [9.17, 15) is 18.0 Å². The Morgan fingerprint density at radius 2 is 1.44 bits per heavy atom. The first-order valence-corrected chi connectivity index (χ1v) is 15.8. The zero-order valence-corrected chi connectivity index (χ0v) is 27.4. The molecular weight excluding hydrogens is 613 g/mol. The van der Waals surface area contributed by atoms with Gasteiger partial charge in [0.05, 0.1) is 24.8 Å². The number of sulfonamides is 1. The summed E-state index contributed by atoms with van der Waals surface area (Å²) in [6, 6.07) is 16.3. The van der Waals surface area contributed by atoms with Crippen LogP contribution in [0.15, 0.2) is 71.6 Å². The van der Waals surface area contributed by atoms with Gasteiger partial charge in [0.1, 0.15) is 12.6 Å². The van der Waals surface area contributed by atoms with Crippen molar-refractivity contribution in [2.75, 3.05) is 25.1 Å². The predicted molar refractivity (Wildman–Crippen MR) is 170 cm³/mol. The molecule has 0 heterocycles. The molecule has 3 aromatic rings. The molecule has 12 heteroatoms. The Balaban J connectivity index is 2.10. The van der Waals surface area contributed by atoms with Gasteiger partial charge in [0.15, 0.2) is 11.5 Å². The Bertz CT molecular complexity index is 1520. The van der Waals surface area contributed by atoms with E-state index in [0.717, 1.165) is 9.87 Å². The summed E-state index contributed by atoms with van der Waals surface area (Å²) in [4.78, 5) is 28.9. The quantitative estimate of drug-likeness (QED) is 0.261. The predicted octanol–water partition coefficient (Wildman–Crippen LogP) is 5.93. The summed E-state index contributed by atoms with van der Waals surface area (Å²) in [5.41, 5.74) is 0.387. The number of halogens is 2. The lowest BCUT2D eigenvalue weighted by atomic mass is 10.1. The Morgan fingerprint density at radius 3 is 1.95 bits per heavy atom. The van der Waals surface area contributed by atoms with Gasteiger partial charge in [0.25, 0.3) is 10.0 Å². The Morgan fingerprint density at radius 1 is 0.884 bits per heavy atom. The van der Waals surface area contributed by atoms with E-state index >= 15 is 0 Å². The topological polar surface area (TPSA) is 105 Å². The van der Waals surface area contributed by atoms with Gasteiger partial charge in [0.2, 0.25) is 11.8 Å². The number of rotatable bonds is 12. The number of benzene rings is 3. The highest BCUT2D eigenvalue weighted by Gasteiger charge is 2.35. The van der Waals surface area contributed by atoms with Crippen LogP contribution in [-0.2, 0) is 26.2 Å². The van der Waals surface area contributed by atoms with Crippen LogP contribution in [0.1, 0.15) is 39.7 Å². The highest BCUT2D eigenvalue weighted by molar-refractivity contribution is 7.92. The molecule has 232 valence electrons. The molecule has 0 aliphatic heterocycles. The third-order valence-electron chi connectivity index (χ3n) is 6.49. The molecule has 0 radical (unpaired) electrons. The first kappa shape index (κ1) is 34.0. The summed E-state index contributed by atoms with van der Waals surface area (Å²) in [6.07, 6.45) is 0.296. The molecule has 0 aromatic heterocycles. The summed E-state index contributed by atoms with van der Waals surface area (Å²) >= 11 is 12.2. The van der Waals surface area contributed by atoms with Crippen molar-refractivity contribution in [3.8, 4) is 11.5 Å². The smallest absolute Gasteiger partial charge is 0.264 e. The van der Waals surface area contributed by atoms with Gasteiger partial charge in [0, 0.05) is 28.2 Å². The molecule has 1 N–H and O–H groups in total. The Hall–Kier alpha value is -3.47. The van der Waals surface area contributed by atoms with E-state index in [1.165, 1.54) is 61.6 Å².